The maximum atomic E-state index is 12.8. The van der Waals surface area contributed by atoms with Gasteiger partial charge in [-0.1, -0.05) is 72.8 Å². The molecule has 3 aromatic carbocycles. The summed E-state index contributed by atoms with van der Waals surface area (Å²) in [6.07, 6.45) is 0. The van der Waals surface area contributed by atoms with E-state index in [1.54, 1.807) is 0 Å². The highest BCUT2D eigenvalue weighted by molar-refractivity contribution is 5.95. The Hall–Kier alpha value is -3.73. The minimum Gasteiger partial charge on any atom is -0.456 e. The van der Waals surface area contributed by atoms with Crippen LogP contribution in [-0.4, -0.2) is 15.9 Å². The maximum Gasteiger partial charge on any atom is 0.361 e. The molecule has 1 N–H and O–H groups in total. The Balaban J connectivity index is 1.63. The highest BCUT2D eigenvalue weighted by Crippen LogP contribution is 2.23. The zero-order valence-corrected chi connectivity index (χ0v) is 16.1. The number of para-hydroxylation sites is 2. The van der Waals surface area contributed by atoms with Crippen LogP contribution in [0, 0.1) is 0 Å². The fourth-order valence-electron chi connectivity index (χ4n) is 3.06. The Bertz CT molecular complexity index is 1110. The number of carbonyl (C=O) groups is 1. The zero-order chi connectivity index (χ0) is 20.1. The number of carbonyl (C=O) groups excluding carboxylic acids is 1. The van der Waals surface area contributed by atoms with Crippen molar-refractivity contribution < 1.29 is 9.53 Å². The average molecular weight is 383 g/mol. The van der Waals surface area contributed by atoms with E-state index in [4.69, 9.17) is 4.74 Å². The van der Waals surface area contributed by atoms with Gasteiger partial charge < -0.3 is 10.1 Å². The lowest BCUT2D eigenvalue weighted by molar-refractivity contribution is 0.0467. The van der Waals surface area contributed by atoms with Crippen LogP contribution in [0.5, 0.6) is 0 Å². The molecule has 0 aliphatic carbocycles. The summed E-state index contributed by atoms with van der Waals surface area (Å²) >= 11 is 0. The molecule has 0 aliphatic heterocycles. The van der Waals surface area contributed by atoms with E-state index in [-0.39, 0.29) is 18.3 Å². The number of hydrogen-bond acceptors (Lipinski definition) is 5. The maximum absolute atomic E-state index is 12.8. The van der Waals surface area contributed by atoms with Crippen molar-refractivity contribution in [1.29, 1.82) is 0 Å². The Kier molecular flexibility index (Phi) is 5.47. The summed E-state index contributed by atoms with van der Waals surface area (Å²) in [5.41, 5.74) is 3.56. The fourth-order valence-corrected chi connectivity index (χ4v) is 3.06. The van der Waals surface area contributed by atoms with Gasteiger partial charge in [0.05, 0.1) is 17.1 Å². The molecule has 1 atom stereocenters. The molecule has 0 spiro atoms. The van der Waals surface area contributed by atoms with E-state index >= 15 is 0 Å². The second-order valence-electron chi connectivity index (χ2n) is 6.75. The van der Waals surface area contributed by atoms with Crippen LogP contribution in [0.15, 0.2) is 84.9 Å². The topological polar surface area (TPSA) is 64.1 Å². The number of nitrogens with zero attached hydrogens (tertiary/aromatic N) is 2. The molecular weight excluding hydrogens is 362 g/mol. The van der Waals surface area contributed by atoms with Crippen LogP contribution in [0.4, 0.5) is 5.82 Å². The molecule has 0 bridgehead atoms. The van der Waals surface area contributed by atoms with Crippen molar-refractivity contribution in [3.05, 3.63) is 102 Å². The third-order valence-electron chi connectivity index (χ3n) is 4.63. The van der Waals surface area contributed by atoms with E-state index in [1.807, 2.05) is 91.9 Å². The van der Waals surface area contributed by atoms with Crippen molar-refractivity contribution in [2.24, 2.45) is 0 Å². The summed E-state index contributed by atoms with van der Waals surface area (Å²) < 4.78 is 5.51. The van der Waals surface area contributed by atoms with E-state index in [9.17, 15) is 4.79 Å². The van der Waals surface area contributed by atoms with Gasteiger partial charge in [0.25, 0.3) is 0 Å². The molecule has 0 aliphatic rings. The van der Waals surface area contributed by atoms with Crippen molar-refractivity contribution in [3.63, 3.8) is 0 Å². The number of fused-ring (bicyclic) bond motifs is 1. The summed E-state index contributed by atoms with van der Waals surface area (Å²) in [4.78, 5) is 22.0. The Morgan fingerprint density at radius 2 is 1.45 bits per heavy atom. The molecule has 144 valence electrons. The van der Waals surface area contributed by atoms with Crippen molar-refractivity contribution in [3.8, 4) is 0 Å². The number of aromatic nitrogens is 2. The first-order chi connectivity index (χ1) is 14.2. The van der Waals surface area contributed by atoms with Crippen LogP contribution >= 0.6 is 0 Å². The SMILES string of the molecule is C[C@H](Nc1nc2ccccc2nc1C(=O)OCc1ccccc1)c1ccccc1. The molecular formula is C24H21N3O2. The molecule has 5 nitrogen and oxygen atoms in total. The first kappa shape index (κ1) is 18.6. The van der Waals surface area contributed by atoms with E-state index in [2.05, 4.69) is 15.3 Å². The van der Waals surface area contributed by atoms with Crippen molar-refractivity contribution in [2.45, 2.75) is 19.6 Å². The molecule has 4 aromatic rings. The fraction of sp³-hybridized carbons (Fsp3) is 0.125. The zero-order valence-electron chi connectivity index (χ0n) is 16.1. The predicted octanol–water partition coefficient (Wildman–Crippen LogP) is 5.16. The molecule has 1 aromatic heterocycles. The monoisotopic (exact) mass is 383 g/mol. The van der Waals surface area contributed by atoms with Gasteiger partial charge in [0.1, 0.15) is 6.61 Å². The van der Waals surface area contributed by atoms with Crippen LogP contribution in [0.25, 0.3) is 11.0 Å². The van der Waals surface area contributed by atoms with Gasteiger partial charge in [0, 0.05) is 0 Å². The third-order valence-corrected chi connectivity index (χ3v) is 4.63. The van der Waals surface area contributed by atoms with Gasteiger partial charge in [-0.2, -0.15) is 0 Å². The molecule has 0 saturated heterocycles. The lowest BCUT2D eigenvalue weighted by atomic mass is 10.1. The molecule has 0 fully saturated rings. The van der Waals surface area contributed by atoms with Crippen molar-refractivity contribution in [1.82, 2.24) is 9.97 Å². The minimum absolute atomic E-state index is 0.0488. The Morgan fingerprint density at radius 3 is 2.14 bits per heavy atom. The van der Waals surface area contributed by atoms with Crippen LogP contribution in [-0.2, 0) is 11.3 Å². The quantitative estimate of drug-likeness (QED) is 0.466. The first-order valence-corrected chi connectivity index (χ1v) is 9.50. The Morgan fingerprint density at radius 1 is 0.862 bits per heavy atom. The smallest absolute Gasteiger partial charge is 0.361 e. The van der Waals surface area contributed by atoms with E-state index < -0.39 is 5.97 Å². The highest BCUT2D eigenvalue weighted by atomic mass is 16.5. The number of benzene rings is 3. The van der Waals surface area contributed by atoms with Gasteiger partial charge in [-0.15, -0.1) is 0 Å². The Labute approximate surface area is 169 Å². The normalized spacial score (nSPS) is 11.8. The summed E-state index contributed by atoms with van der Waals surface area (Å²) in [6, 6.07) is 27.0. The molecule has 0 saturated carbocycles. The summed E-state index contributed by atoms with van der Waals surface area (Å²) in [7, 11) is 0. The van der Waals surface area contributed by atoms with E-state index in [0.29, 0.717) is 11.3 Å². The number of nitrogens with one attached hydrogen (secondary N) is 1. The molecule has 0 amide bonds. The number of rotatable bonds is 6. The molecule has 0 unspecified atom stereocenters. The van der Waals surface area contributed by atoms with E-state index in [0.717, 1.165) is 16.6 Å². The summed E-state index contributed by atoms with van der Waals surface area (Å²) in [5, 5.41) is 3.32. The number of anilines is 1. The van der Waals surface area contributed by atoms with Gasteiger partial charge in [-0.05, 0) is 30.2 Å². The highest BCUT2D eigenvalue weighted by Gasteiger charge is 2.20. The molecule has 4 rings (SSSR count). The van der Waals surface area contributed by atoms with Gasteiger partial charge in [0.15, 0.2) is 11.5 Å². The van der Waals surface area contributed by atoms with Crippen LogP contribution < -0.4 is 5.32 Å². The second kappa shape index (κ2) is 8.52. The van der Waals surface area contributed by atoms with Crippen molar-refractivity contribution in [2.75, 3.05) is 5.32 Å². The van der Waals surface area contributed by atoms with Gasteiger partial charge in [-0.25, -0.2) is 14.8 Å². The van der Waals surface area contributed by atoms with Crippen LogP contribution in [0.2, 0.25) is 0 Å². The molecule has 0 radical (unpaired) electrons. The predicted molar refractivity (Wildman–Crippen MR) is 114 cm³/mol. The average Bonchev–Trinajstić information content (AvgIpc) is 2.78. The number of ether oxygens (including phenoxy) is 1. The lowest BCUT2D eigenvalue weighted by Crippen LogP contribution is -2.16. The summed E-state index contributed by atoms with van der Waals surface area (Å²) in [6.45, 7) is 2.20. The molecule has 1 heterocycles. The van der Waals surface area contributed by atoms with Crippen LogP contribution in [0.3, 0.4) is 0 Å². The standard InChI is InChI=1S/C24H21N3O2/c1-17(19-12-6-3-7-13-19)25-23-22(26-20-14-8-9-15-21(20)27-23)24(28)29-16-18-10-4-2-5-11-18/h2-15,17H,16H2,1H3,(H,25,27)/t17-/m0/s1. The number of esters is 1. The molecule has 5 heteroatoms. The largest absolute Gasteiger partial charge is 0.456 e. The number of hydrogen-bond donors (Lipinski definition) is 1. The third kappa shape index (κ3) is 4.41. The first-order valence-electron chi connectivity index (χ1n) is 9.50. The lowest BCUT2D eigenvalue weighted by Gasteiger charge is -2.17. The summed E-state index contributed by atoms with van der Waals surface area (Å²) in [5.74, 6) is -0.0898. The van der Waals surface area contributed by atoms with E-state index in [1.165, 1.54) is 0 Å². The van der Waals surface area contributed by atoms with Gasteiger partial charge >= 0.3 is 5.97 Å². The van der Waals surface area contributed by atoms with Crippen LogP contribution in [0.1, 0.15) is 34.6 Å². The molecule has 29 heavy (non-hydrogen) atoms. The van der Waals surface area contributed by atoms with Gasteiger partial charge in [0.2, 0.25) is 0 Å². The van der Waals surface area contributed by atoms with Gasteiger partial charge in [-0.3, -0.25) is 0 Å². The van der Waals surface area contributed by atoms with Crippen molar-refractivity contribution >= 4 is 22.8 Å². The second-order valence-corrected chi connectivity index (χ2v) is 6.75. The minimum atomic E-state index is -0.505.